The summed E-state index contributed by atoms with van der Waals surface area (Å²) in [4.78, 5) is 2.47. The molecule has 0 aliphatic heterocycles. The van der Waals surface area contributed by atoms with E-state index in [0.717, 1.165) is 66.5 Å². The second-order valence-electron chi connectivity index (χ2n) is 18.8. The molecule has 2 aromatic heterocycles. The first-order valence-electron chi connectivity index (χ1n) is 23.2. The minimum absolute atomic E-state index is 0.180. The highest BCUT2D eigenvalue weighted by atomic mass is 16.3. The lowest BCUT2D eigenvalue weighted by molar-refractivity contribution is 0.660. The molecule has 12 aromatic rings. The monoisotopic (exact) mass is 857 g/mol. The molecule has 316 valence electrons. The van der Waals surface area contributed by atoms with E-state index in [1.807, 2.05) is 0 Å². The molecule has 67 heavy (non-hydrogen) atoms. The van der Waals surface area contributed by atoms with Crippen molar-refractivity contribution in [3.05, 3.63) is 258 Å². The minimum atomic E-state index is -0.538. The standard InChI is InChI=1S/C64H43NO2/c1-63(2)53-25-14-12-23-46(53)47-32-30-44(36-56(47)63)65(57-28-16-27-55-62(57)49-24-13-15-26-54(49)64(55,42-19-8-4-9-20-42)43-21-10-5-11-22-43)45-31-33-48-51-38-61-52(39-60(51)67-59(48)37-45)50-35-41(29-34-58(50)66-61)40-17-6-3-7-18-40/h3-39H,1-2H3. The van der Waals surface area contributed by atoms with Crippen molar-refractivity contribution in [3.63, 3.8) is 0 Å². The largest absolute Gasteiger partial charge is 0.456 e. The molecular formula is C64H43NO2. The number of nitrogens with zero attached hydrogens (tertiary/aromatic N) is 1. The van der Waals surface area contributed by atoms with Crippen LogP contribution in [0.5, 0.6) is 0 Å². The zero-order valence-corrected chi connectivity index (χ0v) is 37.1. The van der Waals surface area contributed by atoms with Crippen LogP contribution in [0, 0.1) is 0 Å². The summed E-state index contributed by atoms with van der Waals surface area (Å²) in [5.74, 6) is 0. The van der Waals surface area contributed by atoms with Gasteiger partial charge in [-0.15, -0.1) is 0 Å². The van der Waals surface area contributed by atoms with Gasteiger partial charge in [-0.05, 0) is 116 Å². The molecule has 0 spiro atoms. The normalized spacial score (nSPS) is 14.1. The van der Waals surface area contributed by atoms with Gasteiger partial charge in [-0.1, -0.05) is 178 Å². The number of furan rings is 2. The summed E-state index contributed by atoms with van der Waals surface area (Å²) in [6.45, 7) is 4.72. The van der Waals surface area contributed by atoms with Gasteiger partial charge in [0, 0.05) is 50.0 Å². The summed E-state index contributed by atoms with van der Waals surface area (Å²) in [6, 6.07) is 82.0. The molecule has 2 heterocycles. The van der Waals surface area contributed by atoms with Crippen molar-refractivity contribution in [2.75, 3.05) is 4.90 Å². The van der Waals surface area contributed by atoms with Gasteiger partial charge in [-0.25, -0.2) is 0 Å². The maximum Gasteiger partial charge on any atom is 0.137 e. The van der Waals surface area contributed by atoms with Crippen molar-refractivity contribution >= 4 is 60.9 Å². The third-order valence-electron chi connectivity index (χ3n) is 14.9. The average molecular weight is 858 g/mol. The van der Waals surface area contributed by atoms with Crippen LogP contribution in [-0.4, -0.2) is 0 Å². The Morgan fingerprint density at radius 2 is 0.896 bits per heavy atom. The molecule has 3 nitrogen and oxygen atoms in total. The highest BCUT2D eigenvalue weighted by Gasteiger charge is 2.47. The van der Waals surface area contributed by atoms with Crippen LogP contribution in [0.15, 0.2) is 233 Å². The van der Waals surface area contributed by atoms with E-state index in [1.54, 1.807) is 0 Å². The van der Waals surface area contributed by atoms with Crippen molar-refractivity contribution < 1.29 is 8.83 Å². The van der Waals surface area contributed by atoms with E-state index >= 15 is 0 Å². The molecule has 0 saturated heterocycles. The molecule has 0 radical (unpaired) electrons. The lowest BCUT2D eigenvalue weighted by Crippen LogP contribution is -2.28. The topological polar surface area (TPSA) is 29.5 Å². The molecular weight excluding hydrogens is 815 g/mol. The van der Waals surface area contributed by atoms with Crippen molar-refractivity contribution in [2.45, 2.75) is 24.7 Å². The van der Waals surface area contributed by atoms with Crippen molar-refractivity contribution in [2.24, 2.45) is 0 Å². The van der Waals surface area contributed by atoms with E-state index in [4.69, 9.17) is 8.83 Å². The Kier molecular flexibility index (Phi) is 7.95. The summed E-state index contributed by atoms with van der Waals surface area (Å²) in [7, 11) is 0. The number of anilines is 3. The van der Waals surface area contributed by atoms with Crippen LogP contribution in [0.4, 0.5) is 17.1 Å². The van der Waals surface area contributed by atoms with Gasteiger partial charge in [0.2, 0.25) is 0 Å². The summed E-state index contributed by atoms with van der Waals surface area (Å²) >= 11 is 0. The maximum atomic E-state index is 6.94. The Balaban J connectivity index is 1.00. The van der Waals surface area contributed by atoms with Gasteiger partial charge in [-0.3, -0.25) is 0 Å². The van der Waals surface area contributed by atoms with Crippen LogP contribution in [0.1, 0.15) is 47.2 Å². The lowest BCUT2D eigenvalue weighted by atomic mass is 9.68. The number of fused-ring (bicyclic) bond motifs is 12. The van der Waals surface area contributed by atoms with Gasteiger partial charge < -0.3 is 13.7 Å². The predicted octanol–water partition coefficient (Wildman–Crippen LogP) is 17.3. The summed E-state index contributed by atoms with van der Waals surface area (Å²) in [5.41, 5.74) is 21.0. The molecule has 2 aliphatic carbocycles. The fourth-order valence-corrected chi connectivity index (χ4v) is 11.9. The molecule has 0 unspecified atom stereocenters. The first kappa shape index (κ1) is 37.9. The second-order valence-corrected chi connectivity index (χ2v) is 18.8. The smallest absolute Gasteiger partial charge is 0.137 e. The van der Waals surface area contributed by atoms with E-state index in [0.29, 0.717) is 0 Å². The predicted molar refractivity (Wildman–Crippen MR) is 276 cm³/mol. The van der Waals surface area contributed by atoms with Crippen molar-refractivity contribution in [1.82, 2.24) is 0 Å². The molecule has 3 heteroatoms. The molecule has 0 saturated carbocycles. The van der Waals surface area contributed by atoms with E-state index in [2.05, 4.69) is 243 Å². The Morgan fingerprint density at radius 1 is 0.343 bits per heavy atom. The Hall–Kier alpha value is -8.40. The number of hydrogen-bond donors (Lipinski definition) is 0. The van der Waals surface area contributed by atoms with Gasteiger partial charge in [0.05, 0.1) is 11.1 Å². The van der Waals surface area contributed by atoms with Crippen LogP contribution >= 0.6 is 0 Å². The SMILES string of the molecule is CC1(C)c2ccccc2-c2ccc(N(c3ccc4c(c3)oc3cc5c(cc34)oc3ccc(-c4ccccc4)cc35)c3cccc4c3-c3ccccc3C4(c3ccccc3)c3ccccc3)cc21. The van der Waals surface area contributed by atoms with Crippen LogP contribution in [0.2, 0.25) is 0 Å². The van der Waals surface area contributed by atoms with Crippen LogP contribution in [-0.2, 0) is 10.8 Å². The van der Waals surface area contributed by atoms with Gasteiger partial charge in [0.1, 0.15) is 22.3 Å². The van der Waals surface area contributed by atoms with Gasteiger partial charge in [-0.2, -0.15) is 0 Å². The maximum absolute atomic E-state index is 6.94. The molecule has 0 atom stereocenters. The van der Waals surface area contributed by atoms with E-state index in [-0.39, 0.29) is 5.41 Å². The number of rotatable bonds is 6. The lowest BCUT2D eigenvalue weighted by Gasteiger charge is -2.34. The first-order valence-corrected chi connectivity index (χ1v) is 23.2. The van der Waals surface area contributed by atoms with E-state index in [9.17, 15) is 0 Å². The van der Waals surface area contributed by atoms with Gasteiger partial charge in [0.25, 0.3) is 0 Å². The van der Waals surface area contributed by atoms with E-state index < -0.39 is 5.41 Å². The molecule has 0 fully saturated rings. The molecule has 2 aliphatic rings. The fourth-order valence-electron chi connectivity index (χ4n) is 11.9. The summed E-state index contributed by atoms with van der Waals surface area (Å²) in [6.07, 6.45) is 0. The van der Waals surface area contributed by atoms with Crippen molar-refractivity contribution in [1.29, 1.82) is 0 Å². The van der Waals surface area contributed by atoms with E-state index in [1.165, 1.54) is 61.2 Å². The fraction of sp³-hybridized carbons (Fsp3) is 0.0625. The number of hydrogen-bond acceptors (Lipinski definition) is 3. The van der Waals surface area contributed by atoms with Gasteiger partial charge >= 0.3 is 0 Å². The van der Waals surface area contributed by atoms with Gasteiger partial charge in [0.15, 0.2) is 0 Å². The molecule has 0 N–H and O–H groups in total. The Labute approximate surface area is 388 Å². The van der Waals surface area contributed by atoms with Crippen molar-refractivity contribution in [3.8, 4) is 33.4 Å². The average Bonchev–Trinajstić information content (AvgIpc) is 4.09. The van der Waals surface area contributed by atoms with Crippen LogP contribution < -0.4 is 4.90 Å². The second kappa shape index (κ2) is 14.1. The van der Waals surface area contributed by atoms with Crippen LogP contribution in [0.25, 0.3) is 77.3 Å². The highest BCUT2D eigenvalue weighted by Crippen LogP contribution is 2.60. The Morgan fingerprint density at radius 3 is 1.64 bits per heavy atom. The van der Waals surface area contributed by atoms with Crippen LogP contribution in [0.3, 0.4) is 0 Å². The molecule has 10 aromatic carbocycles. The summed E-state index contributed by atoms with van der Waals surface area (Å²) in [5, 5.41) is 4.20. The zero-order chi connectivity index (χ0) is 44.4. The zero-order valence-electron chi connectivity index (χ0n) is 37.1. The molecule has 0 bridgehead atoms. The molecule has 14 rings (SSSR count). The minimum Gasteiger partial charge on any atom is -0.456 e. The Bertz CT molecular complexity index is 3910. The summed E-state index contributed by atoms with van der Waals surface area (Å²) < 4.78 is 13.5. The first-order chi connectivity index (χ1) is 33.0. The third-order valence-corrected chi connectivity index (χ3v) is 14.9. The number of benzene rings is 10. The molecule has 0 amide bonds. The quantitative estimate of drug-likeness (QED) is 0.167. The highest BCUT2D eigenvalue weighted by molar-refractivity contribution is 6.16. The third kappa shape index (κ3) is 5.34.